The fraction of sp³-hybridized carbons (Fsp3) is 0.333. The third-order valence-electron chi connectivity index (χ3n) is 1.98. The van der Waals surface area contributed by atoms with E-state index in [2.05, 4.69) is 0 Å². The monoisotopic (exact) mass is 164 g/mol. The number of ether oxygens (including phenoxy) is 1. The average Bonchev–Trinajstić information content (AvgIpc) is 2.04. The summed E-state index contributed by atoms with van der Waals surface area (Å²) in [5.41, 5.74) is 0.636. The number of esters is 1. The van der Waals surface area contributed by atoms with Gasteiger partial charge in [-0.05, 0) is 12.5 Å². The molecule has 0 saturated carbocycles. The molecule has 0 aromatic carbocycles. The number of hydrogen-bond donors (Lipinski definition) is 0. The van der Waals surface area contributed by atoms with Gasteiger partial charge in [0.25, 0.3) is 0 Å². The molecule has 2 rings (SSSR count). The Balaban J connectivity index is 2.29. The Morgan fingerprint density at radius 3 is 3.08 bits per heavy atom. The summed E-state index contributed by atoms with van der Waals surface area (Å²) in [6, 6.07) is 0. The third-order valence-corrected chi connectivity index (χ3v) is 1.98. The van der Waals surface area contributed by atoms with Crippen molar-refractivity contribution in [2.24, 2.45) is 0 Å². The maximum Gasteiger partial charge on any atom is 0.314 e. The van der Waals surface area contributed by atoms with Crippen LogP contribution in [0.4, 0.5) is 0 Å². The first-order valence-electron chi connectivity index (χ1n) is 3.87. The molecule has 1 fully saturated rings. The number of rotatable bonds is 0. The van der Waals surface area contributed by atoms with Crippen molar-refractivity contribution >= 4 is 11.8 Å². The maximum absolute atomic E-state index is 11.2. The van der Waals surface area contributed by atoms with Gasteiger partial charge < -0.3 is 4.74 Å². The number of ketones is 1. The Labute approximate surface area is 69.7 Å². The maximum atomic E-state index is 11.2. The molecule has 1 saturated heterocycles. The highest BCUT2D eigenvalue weighted by Crippen LogP contribution is 2.22. The minimum atomic E-state index is -0.423. The molecule has 12 heavy (non-hydrogen) atoms. The van der Waals surface area contributed by atoms with Gasteiger partial charge in [-0.1, -0.05) is 12.2 Å². The van der Waals surface area contributed by atoms with Gasteiger partial charge in [-0.25, -0.2) is 0 Å². The van der Waals surface area contributed by atoms with Crippen LogP contribution in [0.3, 0.4) is 0 Å². The summed E-state index contributed by atoms with van der Waals surface area (Å²) < 4.78 is 4.95. The second-order valence-electron chi connectivity index (χ2n) is 2.83. The van der Waals surface area contributed by atoms with E-state index in [-0.39, 0.29) is 12.2 Å². The molecule has 0 N–H and O–H groups in total. The van der Waals surface area contributed by atoms with Gasteiger partial charge in [0.15, 0.2) is 5.78 Å². The summed E-state index contributed by atoms with van der Waals surface area (Å²) in [7, 11) is 0. The Morgan fingerprint density at radius 1 is 1.42 bits per heavy atom. The van der Waals surface area contributed by atoms with Crippen LogP contribution in [0.2, 0.25) is 0 Å². The first-order valence-corrected chi connectivity index (χ1v) is 3.87. The molecule has 1 aliphatic heterocycles. The molecule has 0 bridgehead atoms. The zero-order valence-corrected chi connectivity index (χ0v) is 6.45. The lowest BCUT2D eigenvalue weighted by Gasteiger charge is -2.23. The molecule has 0 radical (unpaired) electrons. The zero-order chi connectivity index (χ0) is 8.55. The summed E-state index contributed by atoms with van der Waals surface area (Å²) in [4.78, 5) is 22.1. The van der Waals surface area contributed by atoms with E-state index in [4.69, 9.17) is 4.74 Å². The molecule has 62 valence electrons. The van der Waals surface area contributed by atoms with Crippen LogP contribution in [0.15, 0.2) is 23.8 Å². The van der Waals surface area contributed by atoms with Gasteiger partial charge in [0.2, 0.25) is 0 Å². The second-order valence-corrected chi connectivity index (χ2v) is 2.83. The number of carbonyl (C=O) groups excluding carboxylic acids is 2. The topological polar surface area (TPSA) is 43.4 Å². The van der Waals surface area contributed by atoms with Crippen LogP contribution in [-0.4, -0.2) is 17.9 Å². The molecule has 2 aliphatic rings. The van der Waals surface area contributed by atoms with Gasteiger partial charge >= 0.3 is 5.97 Å². The summed E-state index contributed by atoms with van der Waals surface area (Å²) in [5.74, 6) is -0.519. The molecule has 0 spiro atoms. The van der Waals surface area contributed by atoms with Crippen LogP contribution in [0.1, 0.15) is 12.8 Å². The summed E-state index contributed by atoms with van der Waals surface area (Å²) in [5, 5.41) is 0. The molecular weight excluding hydrogens is 156 g/mol. The van der Waals surface area contributed by atoms with Crippen LogP contribution >= 0.6 is 0 Å². The normalized spacial score (nSPS) is 27.7. The van der Waals surface area contributed by atoms with Crippen LogP contribution < -0.4 is 0 Å². The van der Waals surface area contributed by atoms with Gasteiger partial charge in [-0.3, -0.25) is 9.59 Å². The number of carbonyl (C=O) groups is 2. The summed E-state index contributed by atoms with van der Waals surface area (Å²) >= 11 is 0. The van der Waals surface area contributed by atoms with E-state index >= 15 is 0 Å². The number of fused-ring (bicyclic) bond motifs is 1. The molecule has 1 atom stereocenters. The predicted molar refractivity (Wildman–Crippen MR) is 41.3 cm³/mol. The van der Waals surface area contributed by atoms with Crippen molar-refractivity contribution in [1.29, 1.82) is 0 Å². The molecular formula is C9H8O3. The van der Waals surface area contributed by atoms with E-state index in [0.29, 0.717) is 5.57 Å². The quantitative estimate of drug-likeness (QED) is 0.301. The van der Waals surface area contributed by atoms with Crippen LogP contribution in [0.25, 0.3) is 0 Å². The lowest BCUT2D eigenvalue weighted by Crippen LogP contribution is -2.32. The molecule has 0 aromatic heterocycles. The smallest absolute Gasteiger partial charge is 0.314 e. The van der Waals surface area contributed by atoms with Crippen molar-refractivity contribution in [1.82, 2.24) is 0 Å². The van der Waals surface area contributed by atoms with Crippen molar-refractivity contribution < 1.29 is 14.3 Å². The predicted octanol–water partition coefficient (Wildman–Crippen LogP) is 0.757. The second kappa shape index (κ2) is 2.59. The first-order chi connectivity index (χ1) is 5.77. The lowest BCUT2D eigenvalue weighted by molar-refractivity contribution is -0.151. The minimum absolute atomic E-state index is 0.0967. The minimum Gasteiger partial charge on any atom is -0.453 e. The molecule has 3 heteroatoms. The van der Waals surface area contributed by atoms with Crippen molar-refractivity contribution in [2.45, 2.75) is 18.9 Å². The van der Waals surface area contributed by atoms with Crippen LogP contribution in [-0.2, 0) is 14.3 Å². The molecule has 1 aliphatic carbocycles. The molecule has 3 nitrogen and oxygen atoms in total. The molecule has 1 heterocycles. The standard InChI is InChI=1S/C9H8O3/c10-7-5-9(11)12-8-4-2-1-3-6(7)8/h2-4,8H,1,5H2. The average molecular weight is 164 g/mol. The summed E-state index contributed by atoms with van der Waals surface area (Å²) in [6.07, 6.45) is 5.71. The Kier molecular flexibility index (Phi) is 1.57. The number of Topliss-reactive ketones (excluding diaryl/α,β-unsaturated/α-hetero) is 1. The van der Waals surface area contributed by atoms with Crippen LogP contribution in [0.5, 0.6) is 0 Å². The van der Waals surface area contributed by atoms with E-state index in [9.17, 15) is 9.59 Å². The van der Waals surface area contributed by atoms with Gasteiger partial charge in [0.1, 0.15) is 12.5 Å². The van der Waals surface area contributed by atoms with Gasteiger partial charge in [0, 0.05) is 5.57 Å². The van der Waals surface area contributed by atoms with Gasteiger partial charge in [0.05, 0.1) is 0 Å². The fourth-order valence-corrected chi connectivity index (χ4v) is 1.41. The van der Waals surface area contributed by atoms with E-state index in [1.54, 1.807) is 6.08 Å². The van der Waals surface area contributed by atoms with Crippen molar-refractivity contribution in [3.8, 4) is 0 Å². The zero-order valence-electron chi connectivity index (χ0n) is 6.45. The molecule has 0 amide bonds. The highest BCUT2D eigenvalue weighted by molar-refractivity contribution is 6.08. The van der Waals surface area contributed by atoms with Crippen molar-refractivity contribution in [3.63, 3.8) is 0 Å². The van der Waals surface area contributed by atoms with Crippen molar-refractivity contribution in [3.05, 3.63) is 23.8 Å². The van der Waals surface area contributed by atoms with E-state index in [0.717, 1.165) is 6.42 Å². The van der Waals surface area contributed by atoms with Crippen molar-refractivity contribution in [2.75, 3.05) is 0 Å². The Hall–Kier alpha value is -1.38. The van der Waals surface area contributed by atoms with E-state index < -0.39 is 12.1 Å². The number of hydrogen-bond acceptors (Lipinski definition) is 3. The summed E-state index contributed by atoms with van der Waals surface area (Å²) in [6.45, 7) is 0. The fourth-order valence-electron chi connectivity index (χ4n) is 1.41. The van der Waals surface area contributed by atoms with Gasteiger partial charge in [-0.15, -0.1) is 0 Å². The number of allylic oxidation sites excluding steroid dienone is 2. The first kappa shape index (κ1) is 7.28. The highest BCUT2D eigenvalue weighted by Gasteiger charge is 2.30. The Bertz CT molecular complexity index is 299. The molecule has 1 unspecified atom stereocenters. The van der Waals surface area contributed by atoms with E-state index in [1.807, 2.05) is 12.2 Å². The molecule has 0 aromatic rings. The van der Waals surface area contributed by atoms with Gasteiger partial charge in [-0.2, -0.15) is 0 Å². The lowest BCUT2D eigenvalue weighted by atomic mass is 9.95. The van der Waals surface area contributed by atoms with Crippen LogP contribution in [0, 0.1) is 0 Å². The Morgan fingerprint density at radius 2 is 2.25 bits per heavy atom. The highest BCUT2D eigenvalue weighted by atomic mass is 16.5. The largest absolute Gasteiger partial charge is 0.453 e. The SMILES string of the molecule is O=C1CC(=O)C2=CCC=CC2O1. The van der Waals surface area contributed by atoms with E-state index in [1.165, 1.54) is 0 Å². The third kappa shape index (κ3) is 1.07.